The molecule has 0 aromatic rings. The van der Waals surface area contributed by atoms with Crippen LogP contribution in [0.1, 0.15) is 33.6 Å². The molecule has 0 saturated carbocycles. The molecular weight excluding hydrogens is 306 g/mol. The van der Waals surface area contributed by atoms with Gasteiger partial charge in [-0.1, -0.05) is 0 Å². The fourth-order valence-electron chi connectivity index (χ4n) is 4.34. The van der Waals surface area contributed by atoms with Crippen LogP contribution in [0.15, 0.2) is 0 Å². The molecule has 3 fully saturated rings. The lowest BCUT2D eigenvalue weighted by atomic mass is 9.94. The molecule has 1 amide bonds. The zero-order valence-corrected chi connectivity index (χ0v) is 15.4. The summed E-state index contributed by atoms with van der Waals surface area (Å²) in [6.07, 6.45) is 2.84. The zero-order valence-electron chi connectivity index (χ0n) is 15.4. The monoisotopic (exact) mass is 339 g/mol. The second-order valence-corrected chi connectivity index (χ2v) is 7.75. The van der Waals surface area contributed by atoms with Crippen molar-refractivity contribution < 1.29 is 14.3 Å². The molecule has 4 atom stereocenters. The van der Waals surface area contributed by atoms with Gasteiger partial charge in [0.2, 0.25) is 5.91 Å². The molecule has 3 saturated heterocycles. The van der Waals surface area contributed by atoms with Gasteiger partial charge in [0.1, 0.15) is 6.04 Å². The molecule has 3 aliphatic rings. The molecule has 2 unspecified atom stereocenters. The van der Waals surface area contributed by atoms with Gasteiger partial charge in [0, 0.05) is 39.3 Å². The summed E-state index contributed by atoms with van der Waals surface area (Å²) < 4.78 is 11.4. The minimum atomic E-state index is -0.170. The predicted molar refractivity (Wildman–Crippen MR) is 93.0 cm³/mol. The van der Waals surface area contributed by atoms with Gasteiger partial charge in [0.05, 0.1) is 24.9 Å². The summed E-state index contributed by atoms with van der Waals surface area (Å²) in [5, 5.41) is 3.31. The van der Waals surface area contributed by atoms with E-state index in [0.29, 0.717) is 24.7 Å². The van der Waals surface area contributed by atoms with Crippen molar-refractivity contribution in [1.82, 2.24) is 15.1 Å². The molecule has 3 aliphatic heterocycles. The number of amides is 1. The standard InChI is InChI=1S/C18H33N3O3/c1-13-10-20(11-14(2)24-13)12-16-4-7-21(8-5-16)18(22)17-15(3)23-9-6-19-17/h13-17,19H,4-12H2,1-3H3/t13?,14?,15-,17+/m1/s1. The van der Waals surface area contributed by atoms with Crippen LogP contribution in [0, 0.1) is 5.92 Å². The third kappa shape index (κ3) is 4.48. The number of hydrogen-bond donors (Lipinski definition) is 1. The van der Waals surface area contributed by atoms with Gasteiger partial charge in [0.15, 0.2) is 0 Å². The van der Waals surface area contributed by atoms with Crippen LogP contribution in [0.25, 0.3) is 0 Å². The van der Waals surface area contributed by atoms with Gasteiger partial charge in [-0.3, -0.25) is 9.69 Å². The summed E-state index contributed by atoms with van der Waals surface area (Å²) in [4.78, 5) is 17.3. The summed E-state index contributed by atoms with van der Waals surface area (Å²) in [7, 11) is 0. The highest BCUT2D eigenvalue weighted by Crippen LogP contribution is 2.22. The summed E-state index contributed by atoms with van der Waals surface area (Å²) in [6.45, 7) is 12.7. The van der Waals surface area contributed by atoms with Gasteiger partial charge in [-0.2, -0.15) is 0 Å². The molecule has 6 nitrogen and oxygen atoms in total. The molecule has 138 valence electrons. The van der Waals surface area contributed by atoms with Crippen LogP contribution in [0.3, 0.4) is 0 Å². The molecule has 0 bridgehead atoms. The average molecular weight is 339 g/mol. The third-order valence-electron chi connectivity index (χ3n) is 5.52. The highest BCUT2D eigenvalue weighted by atomic mass is 16.5. The van der Waals surface area contributed by atoms with E-state index >= 15 is 0 Å². The number of likely N-dealkylation sites (tertiary alicyclic amines) is 1. The maximum atomic E-state index is 12.7. The molecule has 0 aliphatic carbocycles. The molecule has 24 heavy (non-hydrogen) atoms. The number of piperidine rings is 1. The first-order chi connectivity index (χ1) is 11.5. The second kappa shape index (κ2) is 8.13. The van der Waals surface area contributed by atoms with Gasteiger partial charge in [-0.15, -0.1) is 0 Å². The van der Waals surface area contributed by atoms with Crippen LogP contribution in [0.5, 0.6) is 0 Å². The SMILES string of the molecule is CC1CN(CC2CCN(C(=O)[C@H]3NCCO[C@@H]3C)CC2)CC(C)O1. The quantitative estimate of drug-likeness (QED) is 0.821. The van der Waals surface area contributed by atoms with Crippen molar-refractivity contribution in [3.05, 3.63) is 0 Å². The Bertz CT molecular complexity index is 416. The Hall–Kier alpha value is -0.690. The lowest BCUT2D eigenvalue weighted by molar-refractivity contribution is -0.141. The van der Waals surface area contributed by atoms with E-state index in [1.54, 1.807) is 0 Å². The Labute approximate surface area is 145 Å². The van der Waals surface area contributed by atoms with Crippen molar-refractivity contribution in [2.24, 2.45) is 5.92 Å². The Morgan fingerprint density at radius 2 is 1.79 bits per heavy atom. The number of nitrogens with zero attached hydrogens (tertiary/aromatic N) is 2. The molecule has 0 aromatic heterocycles. The van der Waals surface area contributed by atoms with Crippen molar-refractivity contribution in [3.63, 3.8) is 0 Å². The van der Waals surface area contributed by atoms with Gasteiger partial charge in [-0.25, -0.2) is 0 Å². The molecular formula is C18H33N3O3. The van der Waals surface area contributed by atoms with E-state index in [-0.39, 0.29) is 18.1 Å². The summed E-state index contributed by atoms with van der Waals surface area (Å²) in [5.74, 6) is 0.911. The molecule has 0 aromatic carbocycles. The number of hydrogen-bond acceptors (Lipinski definition) is 5. The highest BCUT2D eigenvalue weighted by Gasteiger charge is 2.34. The summed E-state index contributed by atoms with van der Waals surface area (Å²) in [6, 6.07) is -0.170. The Kier molecular flexibility index (Phi) is 6.13. The van der Waals surface area contributed by atoms with Crippen LogP contribution in [-0.2, 0) is 14.3 Å². The molecule has 3 rings (SSSR count). The first-order valence-corrected chi connectivity index (χ1v) is 9.54. The van der Waals surface area contributed by atoms with Crippen molar-refractivity contribution in [1.29, 1.82) is 0 Å². The summed E-state index contributed by atoms with van der Waals surface area (Å²) in [5.41, 5.74) is 0. The maximum Gasteiger partial charge on any atom is 0.242 e. The molecule has 3 heterocycles. The first kappa shape index (κ1) is 18.1. The Morgan fingerprint density at radius 3 is 2.42 bits per heavy atom. The topological polar surface area (TPSA) is 54.0 Å². The van der Waals surface area contributed by atoms with Crippen molar-refractivity contribution in [3.8, 4) is 0 Å². The van der Waals surface area contributed by atoms with Crippen LogP contribution >= 0.6 is 0 Å². The van der Waals surface area contributed by atoms with Crippen molar-refractivity contribution >= 4 is 5.91 Å². The minimum Gasteiger partial charge on any atom is -0.375 e. The number of carbonyl (C=O) groups excluding carboxylic acids is 1. The average Bonchev–Trinajstić information content (AvgIpc) is 2.54. The fourth-order valence-corrected chi connectivity index (χ4v) is 4.34. The molecule has 1 N–H and O–H groups in total. The van der Waals surface area contributed by atoms with E-state index in [1.807, 2.05) is 11.8 Å². The Morgan fingerprint density at radius 1 is 1.12 bits per heavy atom. The van der Waals surface area contributed by atoms with E-state index in [4.69, 9.17) is 9.47 Å². The third-order valence-corrected chi connectivity index (χ3v) is 5.52. The van der Waals surface area contributed by atoms with E-state index < -0.39 is 0 Å². The van der Waals surface area contributed by atoms with Crippen LogP contribution in [-0.4, -0.2) is 85.9 Å². The first-order valence-electron chi connectivity index (χ1n) is 9.54. The number of morpholine rings is 2. The minimum absolute atomic E-state index is 0.0275. The van der Waals surface area contributed by atoms with E-state index in [9.17, 15) is 4.79 Å². The van der Waals surface area contributed by atoms with Gasteiger partial charge in [0.25, 0.3) is 0 Å². The molecule has 0 spiro atoms. The smallest absolute Gasteiger partial charge is 0.242 e. The lowest BCUT2D eigenvalue weighted by Gasteiger charge is -2.40. The van der Waals surface area contributed by atoms with E-state index in [0.717, 1.165) is 52.1 Å². The lowest BCUT2D eigenvalue weighted by Crippen LogP contribution is -2.57. The number of carbonyl (C=O) groups is 1. The van der Waals surface area contributed by atoms with Crippen LogP contribution < -0.4 is 5.32 Å². The maximum absolute atomic E-state index is 12.7. The Balaban J connectivity index is 1.44. The van der Waals surface area contributed by atoms with Gasteiger partial charge >= 0.3 is 0 Å². The number of ether oxygens (including phenoxy) is 2. The van der Waals surface area contributed by atoms with Crippen LogP contribution in [0.2, 0.25) is 0 Å². The zero-order chi connectivity index (χ0) is 17.1. The van der Waals surface area contributed by atoms with E-state index in [1.165, 1.54) is 0 Å². The van der Waals surface area contributed by atoms with Crippen molar-refractivity contribution in [2.75, 3.05) is 45.9 Å². The van der Waals surface area contributed by atoms with Crippen molar-refractivity contribution in [2.45, 2.75) is 58.0 Å². The second-order valence-electron chi connectivity index (χ2n) is 7.75. The fraction of sp³-hybridized carbons (Fsp3) is 0.944. The van der Waals surface area contributed by atoms with E-state index in [2.05, 4.69) is 24.1 Å². The normalized spacial score (nSPS) is 36.7. The molecule has 0 radical (unpaired) electrons. The number of nitrogens with one attached hydrogen (secondary N) is 1. The molecule has 6 heteroatoms. The number of rotatable bonds is 3. The largest absolute Gasteiger partial charge is 0.375 e. The predicted octanol–water partition coefficient (Wildman–Crippen LogP) is 0.711. The van der Waals surface area contributed by atoms with Gasteiger partial charge < -0.3 is 19.7 Å². The van der Waals surface area contributed by atoms with Crippen LogP contribution in [0.4, 0.5) is 0 Å². The summed E-state index contributed by atoms with van der Waals surface area (Å²) >= 11 is 0. The van der Waals surface area contributed by atoms with Gasteiger partial charge in [-0.05, 0) is 39.5 Å². The highest BCUT2D eigenvalue weighted by molar-refractivity contribution is 5.82.